The predicted octanol–water partition coefficient (Wildman–Crippen LogP) is 1.51. The van der Waals surface area contributed by atoms with Crippen molar-refractivity contribution in [3.05, 3.63) is 49.1 Å². The molecule has 0 fully saturated rings. The van der Waals surface area contributed by atoms with E-state index in [4.69, 9.17) is 0 Å². The van der Waals surface area contributed by atoms with E-state index in [1.54, 1.807) is 6.08 Å². The molecule has 0 spiro atoms. The average Bonchev–Trinajstić information content (AvgIpc) is 2.44. The minimum absolute atomic E-state index is 0.0324. The molecule has 1 aliphatic rings. The summed E-state index contributed by atoms with van der Waals surface area (Å²) in [7, 11) is 0. The molecule has 19 heavy (non-hydrogen) atoms. The van der Waals surface area contributed by atoms with Gasteiger partial charge in [0.25, 0.3) is 0 Å². The van der Waals surface area contributed by atoms with Crippen LogP contribution in [0, 0.1) is 5.92 Å². The zero-order valence-electron chi connectivity index (χ0n) is 10.7. The van der Waals surface area contributed by atoms with Crippen LogP contribution in [0.2, 0.25) is 0 Å². The Hall–Kier alpha value is -2.23. The fourth-order valence-corrected chi connectivity index (χ4v) is 1.73. The van der Waals surface area contributed by atoms with E-state index >= 15 is 0 Å². The second-order valence-corrected chi connectivity index (χ2v) is 4.25. The van der Waals surface area contributed by atoms with Crippen molar-refractivity contribution in [1.82, 2.24) is 5.32 Å². The van der Waals surface area contributed by atoms with Crippen molar-refractivity contribution in [2.75, 3.05) is 6.54 Å². The van der Waals surface area contributed by atoms with Gasteiger partial charge in [0, 0.05) is 12.5 Å². The predicted molar refractivity (Wildman–Crippen MR) is 73.4 cm³/mol. The topological polar surface area (TPSA) is 63.2 Å². The van der Waals surface area contributed by atoms with Gasteiger partial charge in [-0.15, -0.1) is 0 Å². The standard InChI is InChI=1S/C15H17NO3/c1-3-13(17)9-15(19)16-10-11-6-5-7-12(8-11)14(18)4-2/h3-7,12H,1-2,8-10H2,(H,16,19). The number of nitrogens with one attached hydrogen (secondary N) is 1. The molecule has 1 N–H and O–H groups in total. The normalized spacial score (nSPS) is 17.3. The highest BCUT2D eigenvalue weighted by Gasteiger charge is 2.17. The Morgan fingerprint density at radius 3 is 2.68 bits per heavy atom. The first-order valence-electron chi connectivity index (χ1n) is 6.01. The lowest BCUT2D eigenvalue weighted by Crippen LogP contribution is -2.28. The number of hydrogen-bond acceptors (Lipinski definition) is 3. The fourth-order valence-electron chi connectivity index (χ4n) is 1.73. The van der Waals surface area contributed by atoms with Crippen LogP contribution in [0.4, 0.5) is 0 Å². The smallest absolute Gasteiger partial charge is 0.228 e. The summed E-state index contributed by atoms with van der Waals surface area (Å²) in [4.78, 5) is 33.9. The molecule has 0 saturated heterocycles. The molecule has 1 rings (SSSR count). The largest absolute Gasteiger partial charge is 0.352 e. The Labute approximate surface area is 112 Å². The molecule has 0 aromatic carbocycles. The summed E-state index contributed by atoms with van der Waals surface area (Å²) in [5.41, 5.74) is 0.946. The molecule has 0 bridgehead atoms. The van der Waals surface area contributed by atoms with E-state index in [9.17, 15) is 14.4 Å². The van der Waals surface area contributed by atoms with Crippen LogP contribution in [0.25, 0.3) is 0 Å². The van der Waals surface area contributed by atoms with Gasteiger partial charge >= 0.3 is 0 Å². The Morgan fingerprint density at radius 1 is 1.32 bits per heavy atom. The van der Waals surface area contributed by atoms with E-state index in [0.717, 1.165) is 11.6 Å². The summed E-state index contributed by atoms with van der Waals surface area (Å²) < 4.78 is 0. The van der Waals surface area contributed by atoms with Crippen molar-refractivity contribution >= 4 is 17.5 Å². The summed E-state index contributed by atoms with van der Waals surface area (Å²) in [6, 6.07) is 0. The lowest BCUT2D eigenvalue weighted by atomic mass is 9.91. The first-order valence-corrected chi connectivity index (χ1v) is 6.01. The highest BCUT2D eigenvalue weighted by molar-refractivity contribution is 6.03. The van der Waals surface area contributed by atoms with Crippen LogP contribution in [-0.4, -0.2) is 24.0 Å². The molecular formula is C15H17NO3. The van der Waals surface area contributed by atoms with Crippen LogP contribution >= 0.6 is 0 Å². The molecule has 4 nitrogen and oxygen atoms in total. The molecule has 1 amide bonds. The van der Waals surface area contributed by atoms with E-state index in [1.165, 1.54) is 6.08 Å². The SMILES string of the molecule is C=CC(=O)CC(=O)NCC1=CC=CC(C(=O)C=C)C1. The van der Waals surface area contributed by atoms with E-state index in [2.05, 4.69) is 18.5 Å². The Morgan fingerprint density at radius 2 is 2.05 bits per heavy atom. The van der Waals surface area contributed by atoms with Crippen LogP contribution in [0.1, 0.15) is 12.8 Å². The molecule has 0 heterocycles. The Kier molecular flexibility index (Phi) is 5.67. The van der Waals surface area contributed by atoms with Gasteiger partial charge in [-0.05, 0) is 18.6 Å². The molecule has 0 radical (unpaired) electrons. The minimum Gasteiger partial charge on any atom is -0.352 e. The number of amides is 1. The van der Waals surface area contributed by atoms with Gasteiger partial charge in [-0.25, -0.2) is 0 Å². The molecule has 4 heteroatoms. The second-order valence-electron chi connectivity index (χ2n) is 4.25. The van der Waals surface area contributed by atoms with Crippen molar-refractivity contribution in [3.8, 4) is 0 Å². The monoisotopic (exact) mass is 259 g/mol. The molecule has 0 aromatic rings. The van der Waals surface area contributed by atoms with Gasteiger partial charge in [0.1, 0.15) is 0 Å². The number of rotatable bonds is 7. The highest BCUT2D eigenvalue weighted by Crippen LogP contribution is 2.19. The quantitative estimate of drug-likeness (QED) is 0.556. The zero-order chi connectivity index (χ0) is 14.3. The van der Waals surface area contributed by atoms with Crippen LogP contribution in [-0.2, 0) is 14.4 Å². The third-order valence-electron chi connectivity index (χ3n) is 2.80. The third-order valence-corrected chi connectivity index (χ3v) is 2.80. The summed E-state index contributed by atoms with van der Waals surface area (Å²) in [5.74, 6) is -0.888. The van der Waals surface area contributed by atoms with Gasteiger partial charge in [0.15, 0.2) is 11.6 Å². The van der Waals surface area contributed by atoms with E-state index in [-0.39, 0.29) is 29.8 Å². The summed E-state index contributed by atoms with van der Waals surface area (Å²) in [6.45, 7) is 7.10. The molecule has 0 aliphatic heterocycles. The fraction of sp³-hybridized carbons (Fsp3) is 0.267. The first-order chi connectivity index (χ1) is 9.06. The van der Waals surface area contributed by atoms with Crippen molar-refractivity contribution in [2.24, 2.45) is 5.92 Å². The van der Waals surface area contributed by atoms with Crippen molar-refractivity contribution in [2.45, 2.75) is 12.8 Å². The highest BCUT2D eigenvalue weighted by atomic mass is 16.2. The number of hydrogen-bond donors (Lipinski definition) is 1. The van der Waals surface area contributed by atoms with Gasteiger partial charge in [0.05, 0.1) is 6.42 Å². The van der Waals surface area contributed by atoms with Crippen LogP contribution in [0.15, 0.2) is 49.1 Å². The van der Waals surface area contributed by atoms with Gasteiger partial charge in [-0.1, -0.05) is 37.0 Å². The maximum absolute atomic E-state index is 11.5. The maximum Gasteiger partial charge on any atom is 0.228 e. The van der Waals surface area contributed by atoms with Gasteiger partial charge in [-0.2, -0.15) is 0 Å². The summed E-state index contributed by atoms with van der Waals surface area (Å²) >= 11 is 0. The molecular weight excluding hydrogens is 242 g/mol. The van der Waals surface area contributed by atoms with Crippen LogP contribution in [0.5, 0.6) is 0 Å². The van der Waals surface area contributed by atoms with Crippen molar-refractivity contribution in [3.63, 3.8) is 0 Å². The van der Waals surface area contributed by atoms with E-state index in [0.29, 0.717) is 13.0 Å². The van der Waals surface area contributed by atoms with Gasteiger partial charge in [-0.3, -0.25) is 14.4 Å². The van der Waals surface area contributed by atoms with E-state index < -0.39 is 0 Å². The molecule has 1 unspecified atom stereocenters. The number of carbonyl (C=O) groups excluding carboxylic acids is 3. The second kappa shape index (κ2) is 7.26. The van der Waals surface area contributed by atoms with Crippen LogP contribution < -0.4 is 5.32 Å². The minimum atomic E-state index is -0.341. The summed E-state index contributed by atoms with van der Waals surface area (Å²) in [5, 5.41) is 2.65. The Balaban J connectivity index is 2.44. The zero-order valence-corrected chi connectivity index (χ0v) is 10.7. The van der Waals surface area contributed by atoms with Crippen LogP contribution in [0.3, 0.4) is 0 Å². The molecule has 1 aliphatic carbocycles. The Bertz CT molecular complexity index is 472. The first kappa shape index (κ1) is 14.8. The average molecular weight is 259 g/mol. The lowest BCUT2D eigenvalue weighted by molar-refractivity contribution is -0.126. The van der Waals surface area contributed by atoms with E-state index in [1.807, 2.05) is 12.2 Å². The van der Waals surface area contributed by atoms with Crippen molar-refractivity contribution in [1.29, 1.82) is 0 Å². The lowest BCUT2D eigenvalue weighted by Gasteiger charge is -2.16. The molecule has 100 valence electrons. The molecule has 0 saturated carbocycles. The maximum atomic E-state index is 11.5. The van der Waals surface area contributed by atoms with Gasteiger partial charge in [0.2, 0.25) is 5.91 Å². The third kappa shape index (κ3) is 4.87. The number of allylic oxidation sites excluding steroid dienone is 5. The molecule has 1 atom stereocenters. The number of carbonyl (C=O) groups is 3. The van der Waals surface area contributed by atoms with Crippen molar-refractivity contribution < 1.29 is 14.4 Å². The van der Waals surface area contributed by atoms with Gasteiger partial charge < -0.3 is 5.32 Å². The number of ketones is 2. The summed E-state index contributed by atoms with van der Waals surface area (Å²) in [6.07, 6.45) is 8.28. The molecule has 0 aromatic heterocycles.